The first kappa shape index (κ1) is 15.0. The molecule has 0 bridgehead atoms. The first-order valence-electron chi connectivity index (χ1n) is 7.83. The minimum atomic E-state index is -0.0794. The Morgan fingerprint density at radius 2 is 1.85 bits per heavy atom. The van der Waals surface area contributed by atoms with Gasteiger partial charge in [-0.05, 0) is 30.4 Å². The maximum Gasteiger partial charge on any atom is 0.222 e. The molecule has 1 aliphatic rings. The second kappa shape index (κ2) is 7.44. The van der Waals surface area contributed by atoms with Crippen molar-refractivity contribution in [2.75, 3.05) is 13.1 Å². The van der Waals surface area contributed by atoms with Gasteiger partial charge in [-0.25, -0.2) is 0 Å². The van der Waals surface area contributed by atoms with Crippen LogP contribution in [0.4, 0.5) is 0 Å². The summed E-state index contributed by atoms with van der Waals surface area (Å²) in [5, 5.41) is 0. The van der Waals surface area contributed by atoms with Gasteiger partial charge in [-0.15, -0.1) is 0 Å². The van der Waals surface area contributed by atoms with Crippen LogP contribution in [-0.4, -0.2) is 23.9 Å². The lowest BCUT2D eigenvalue weighted by atomic mass is 10.0. The SMILES string of the molecule is CCc1ccc(C(N)CN2CCCCCCC2=O)cc1. The minimum Gasteiger partial charge on any atom is -0.341 e. The normalized spacial score (nSPS) is 18.5. The summed E-state index contributed by atoms with van der Waals surface area (Å²) in [6.07, 6.45) is 6.26. The van der Waals surface area contributed by atoms with E-state index >= 15 is 0 Å². The summed E-state index contributed by atoms with van der Waals surface area (Å²) in [6, 6.07) is 8.37. The fraction of sp³-hybridized carbons (Fsp3) is 0.588. The van der Waals surface area contributed by atoms with Crippen molar-refractivity contribution in [2.45, 2.75) is 51.5 Å². The Morgan fingerprint density at radius 3 is 2.55 bits per heavy atom. The van der Waals surface area contributed by atoms with Crippen molar-refractivity contribution in [1.82, 2.24) is 4.90 Å². The molecule has 1 heterocycles. The molecule has 20 heavy (non-hydrogen) atoms. The van der Waals surface area contributed by atoms with Gasteiger partial charge in [0.15, 0.2) is 0 Å². The number of benzene rings is 1. The summed E-state index contributed by atoms with van der Waals surface area (Å²) in [5.41, 5.74) is 8.72. The monoisotopic (exact) mass is 274 g/mol. The van der Waals surface area contributed by atoms with Crippen molar-refractivity contribution < 1.29 is 4.79 Å². The van der Waals surface area contributed by atoms with Crippen LogP contribution in [0.15, 0.2) is 24.3 Å². The molecule has 3 heteroatoms. The molecule has 2 rings (SSSR count). The Bertz CT molecular complexity index is 427. The number of hydrogen-bond donors (Lipinski definition) is 1. The zero-order chi connectivity index (χ0) is 14.4. The molecule has 1 aromatic carbocycles. The van der Waals surface area contributed by atoms with Gasteiger partial charge in [-0.1, -0.05) is 44.0 Å². The van der Waals surface area contributed by atoms with E-state index in [0.717, 1.165) is 31.4 Å². The van der Waals surface area contributed by atoms with Crippen molar-refractivity contribution in [3.8, 4) is 0 Å². The standard InChI is InChI=1S/C17H26N2O/c1-2-14-8-10-15(11-9-14)16(18)13-19-12-6-4-3-5-7-17(19)20/h8-11,16H,2-7,12-13,18H2,1H3. The van der Waals surface area contributed by atoms with E-state index in [4.69, 9.17) is 5.73 Å². The Balaban J connectivity index is 1.97. The van der Waals surface area contributed by atoms with Gasteiger partial charge in [0.2, 0.25) is 5.91 Å². The van der Waals surface area contributed by atoms with Crippen LogP contribution < -0.4 is 5.73 Å². The Hall–Kier alpha value is -1.35. The highest BCUT2D eigenvalue weighted by atomic mass is 16.2. The third-order valence-corrected chi connectivity index (χ3v) is 4.15. The lowest BCUT2D eigenvalue weighted by Gasteiger charge is -2.27. The summed E-state index contributed by atoms with van der Waals surface area (Å²) in [5.74, 6) is 0.269. The maximum absolute atomic E-state index is 12.1. The second-order valence-electron chi connectivity index (χ2n) is 5.71. The Kier molecular flexibility index (Phi) is 5.60. The van der Waals surface area contributed by atoms with Crippen LogP contribution in [0, 0.1) is 0 Å². The third-order valence-electron chi connectivity index (χ3n) is 4.15. The molecule has 1 atom stereocenters. The highest BCUT2D eigenvalue weighted by Crippen LogP contribution is 2.17. The highest BCUT2D eigenvalue weighted by Gasteiger charge is 2.18. The molecule has 3 nitrogen and oxygen atoms in total. The number of likely N-dealkylation sites (tertiary alicyclic amines) is 1. The lowest BCUT2D eigenvalue weighted by Crippen LogP contribution is -2.38. The minimum absolute atomic E-state index is 0.0794. The van der Waals surface area contributed by atoms with Gasteiger partial charge in [0, 0.05) is 25.6 Å². The molecule has 2 N–H and O–H groups in total. The summed E-state index contributed by atoms with van der Waals surface area (Å²) in [4.78, 5) is 14.1. The van der Waals surface area contributed by atoms with Gasteiger partial charge < -0.3 is 10.6 Å². The number of nitrogens with two attached hydrogens (primary N) is 1. The van der Waals surface area contributed by atoms with Gasteiger partial charge in [-0.2, -0.15) is 0 Å². The molecule has 1 aromatic rings. The Morgan fingerprint density at radius 1 is 1.15 bits per heavy atom. The smallest absolute Gasteiger partial charge is 0.222 e. The molecule has 0 aromatic heterocycles. The van der Waals surface area contributed by atoms with Crippen LogP contribution in [0.5, 0.6) is 0 Å². The first-order chi connectivity index (χ1) is 9.70. The predicted molar refractivity (Wildman–Crippen MR) is 82.4 cm³/mol. The molecule has 0 spiro atoms. The van der Waals surface area contributed by atoms with Crippen LogP contribution in [0.3, 0.4) is 0 Å². The number of hydrogen-bond acceptors (Lipinski definition) is 2. The zero-order valence-electron chi connectivity index (χ0n) is 12.5. The molecule has 0 saturated carbocycles. The summed E-state index contributed by atoms with van der Waals surface area (Å²) >= 11 is 0. The highest BCUT2D eigenvalue weighted by molar-refractivity contribution is 5.76. The maximum atomic E-state index is 12.1. The number of amides is 1. The van der Waals surface area contributed by atoms with Crippen LogP contribution in [0.2, 0.25) is 0 Å². The van der Waals surface area contributed by atoms with E-state index in [0.29, 0.717) is 13.0 Å². The largest absolute Gasteiger partial charge is 0.341 e. The van der Waals surface area contributed by atoms with Crippen LogP contribution >= 0.6 is 0 Å². The van der Waals surface area contributed by atoms with Gasteiger partial charge in [0.25, 0.3) is 0 Å². The van der Waals surface area contributed by atoms with Crippen molar-refractivity contribution in [2.24, 2.45) is 5.73 Å². The Labute approximate surface area is 122 Å². The van der Waals surface area contributed by atoms with E-state index in [-0.39, 0.29) is 11.9 Å². The molecule has 1 saturated heterocycles. The van der Waals surface area contributed by atoms with E-state index in [1.807, 2.05) is 4.90 Å². The predicted octanol–water partition coefficient (Wildman–Crippen LogP) is 3.04. The fourth-order valence-corrected chi connectivity index (χ4v) is 2.75. The topological polar surface area (TPSA) is 46.3 Å². The second-order valence-corrected chi connectivity index (χ2v) is 5.71. The molecular formula is C17H26N2O. The van der Waals surface area contributed by atoms with Gasteiger partial charge >= 0.3 is 0 Å². The van der Waals surface area contributed by atoms with E-state index in [2.05, 4.69) is 31.2 Å². The summed E-state index contributed by atoms with van der Waals surface area (Å²) in [6.45, 7) is 3.65. The van der Waals surface area contributed by atoms with Gasteiger partial charge in [-0.3, -0.25) is 4.79 Å². The van der Waals surface area contributed by atoms with Crippen LogP contribution in [0.1, 0.15) is 56.2 Å². The number of carbonyl (C=O) groups excluding carboxylic acids is 1. The average Bonchev–Trinajstić information content (AvgIpc) is 2.47. The van der Waals surface area contributed by atoms with E-state index in [9.17, 15) is 4.79 Å². The number of aryl methyl sites for hydroxylation is 1. The molecule has 110 valence electrons. The summed E-state index contributed by atoms with van der Waals surface area (Å²) < 4.78 is 0. The summed E-state index contributed by atoms with van der Waals surface area (Å²) in [7, 11) is 0. The number of nitrogens with zero attached hydrogens (tertiary/aromatic N) is 1. The number of rotatable bonds is 4. The molecule has 1 amide bonds. The zero-order valence-corrected chi connectivity index (χ0v) is 12.5. The third kappa shape index (κ3) is 4.07. The van der Waals surface area contributed by atoms with Gasteiger partial charge in [0.05, 0.1) is 0 Å². The van der Waals surface area contributed by atoms with E-state index < -0.39 is 0 Å². The molecular weight excluding hydrogens is 248 g/mol. The van der Waals surface area contributed by atoms with E-state index in [1.54, 1.807) is 0 Å². The fourth-order valence-electron chi connectivity index (χ4n) is 2.75. The number of carbonyl (C=O) groups is 1. The average molecular weight is 274 g/mol. The van der Waals surface area contributed by atoms with Crippen molar-refractivity contribution >= 4 is 5.91 Å². The molecule has 1 unspecified atom stereocenters. The van der Waals surface area contributed by atoms with Crippen molar-refractivity contribution in [3.63, 3.8) is 0 Å². The van der Waals surface area contributed by atoms with Gasteiger partial charge in [0.1, 0.15) is 0 Å². The van der Waals surface area contributed by atoms with Crippen molar-refractivity contribution in [1.29, 1.82) is 0 Å². The van der Waals surface area contributed by atoms with Crippen LogP contribution in [-0.2, 0) is 11.2 Å². The molecule has 0 radical (unpaired) electrons. The molecule has 1 aliphatic heterocycles. The van der Waals surface area contributed by atoms with Crippen molar-refractivity contribution in [3.05, 3.63) is 35.4 Å². The van der Waals surface area contributed by atoms with E-state index in [1.165, 1.54) is 18.4 Å². The van der Waals surface area contributed by atoms with Crippen LogP contribution in [0.25, 0.3) is 0 Å². The quantitative estimate of drug-likeness (QED) is 0.917. The first-order valence-corrected chi connectivity index (χ1v) is 7.83. The lowest BCUT2D eigenvalue weighted by molar-refractivity contribution is -0.132. The molecule has 0 aliphatic carbocycles. The molecule has 1 fully saturated rings.